The number of anilines is 1. The average Bonchev–Trinajstić information content (AvgIpc) is 2.45. The molecule has 0 saturated carbocycles. The van der Waals surface area contributed by atoms with Crippen molar-refractivity contribution >= 4 is 17.6 Å². The van der Waals surface area contributed by atoms with E-state index in [1.807, 2.05) is 6.07 Å². The first kappa shape index (κ1) is 14.6. The molecule has 0 bridgehead atoms. The fourth-order valence-corrected chi connectivity index (χ4v) is 1.91. The molecule has 2 aromatic carbocycles. The minimum Gasteiger partial charge on any atom is -0.508 e. The highest BCUT2D eigenvalue weighted by Crippen LogP contribution is 2.16. The number of amides is 1. The SMILES string of the molecule is O=C(O)CCc1cccc(NC(=O)c2cccc(O)c2)c1. The number of carboxylic acid groups (broad SMARTS) is 1. The van der Waals surface area contributed by atoms with E-state index in [4.69, 9.17) is 5.11 Å². The van der Waals surface area contributed by atoms with E-state index in [1.54, 1.807) is 30.3 Å². The van der Waals surface area contributed by atoms with Gasteiger partial charge in [0.25, 0.3) is 5.91 Å². The fraction of sp³-hybridized carbons (Fsp3) is 0.125. The Morgan fingerprint density at radius 2 is 1.81 bits per heavy atom. The summed E-state index contributed by atoms with van der Waals surface area (Å²) >= 11 is 0. The number of phenols is 1. The molecule has 0 radical (unpaired) electrons. The minimum absolute atomic E-state index is 0.0258. The number of hydrogen-bond acceptors (Lipinski definition) is 3. The third-order valence-electron chi connectivity index (χ3n) is 2.92. The molecule has 0 aliphatic carbocycles. The Kier molecular flexibility index (Phi) is 4.56. The van der Waals surface area contributed by atoms with E-state index in [9.17, 15) is 14.7 Å². The number of benzene rings is 2. The number of phenolic OH excluding ortho intramolecular Hbond substituents is 1. The Labute approximate surface area is 121 Å². The van der Waals surface area contributed by atoms with Gasteiger partial charge in [0, 0.05) is 17.7 Å². The second-order valence-corrected chi connectivity index (χ2v) is 4.60. The largest absolute Gasteiger partial charge is 0.508 e. The first-order valence-electron chi connectivity index (χ1n) is 6.46. The lowest BCUT2D eigenvalue weighted by atomic mass is 10.1. The zero-order valence-electron chi connectivity index (χ0n) is 11.2. The van der Waals surface area contributed by atoms with Crippen molar-refractivity contribution < 1.29 is 19.8 Å². The van der Waals surface area contributed by atoms with Crippen LogP contribution in [-0.4, -0.2) is 22.1 Å². The van der Waals surface area contributed by atoms with Gasteiger partial charge in [-0.05, 0) is 42.3 Å². The highest BCUT2D eigenvalue weighted by Gasteiger charge is 2.07. The molecule has 0 unspecified atom stereocenters. The van der Waals surface area contributed by atoms with Crippen LogP contribution in [0.5, 0.6) is 5.75 Å². The summed E-state index contributed by atoms with van der Waals surface area (Å²) in [7, 11) is 0. The zero-order valence-corrected chi connectivity index (χ0v) is 11.2. The van der Waals surface area contributed by atoms with Gasteiger partial charge in [0.05, 0.1) is 0 Å². The fourth-order valence-electron chi connectivity index (χ4n) is 1.91. The number of aryl methyl sites for hydroxylation is 1. The van der Waals surface area contributed by atoms with E-state index in [1.165, 1.54) is 12.1 Å². The Morgan fingerprint density at radius 3 is 2.52 bits per heavy atom. The van der Waals surface area contributed by atoms with Crippen LogP contribution >= 0.6 is 0 Å². The quantitative estimate of drug-likeness (QED) is 0.788. The van der Waals surface area contributed by atoms with E-state index in [0.29, 0.717) is 17.7 Å². The van der Waals surface area contributed by atoms with Crippen LogP contribution < -0.4 is 5.32 Å². The molecule has 5 nitrogen and oxygen atoms in total. The maximum atomic E-state index is 12.0. The van der Waals surface area contributed by atoms with Crippen LogP contribution in [-0.2, 0) is 11.2 Å². The van der Waals surface area contributed by atoms with Crippen LogP contribution in [0.25, 0.3) is 0 Å². The van der Waals surface area contributed by atoms with Gasteiger partial charge in [0.15, 0.2) is 0 Å². The number of aliphatic carboxylic acids is 1. The summed E-state index contributed by atoms with van der Waals surface area (Å²) in [5, 5.41) is 20.7. The first-order chi connectivity index (χ1) is 10.0. The van der Waals surface area contributed by atoms with Gasteiger partial charge in [-0.25, -0.2) is 0 Å². The lowest BCUT2D eigenvalue weighted by molar-refractivity contribution is -0.136. The van der Waals surface area contributed by atoms with Gasteiger partial charge in [-0.2, -0.15) is 0 Å². The van der Waals surface area contributed by atoms with Gasteiger partial charge in [-0.3, -0.25) is 9.59 Å². The maximum absolute atomic E-state index is 12.0. The number of aromatic hydroxyl groups is 1. The molecule has 0 atom stereocenters. The number of rotatable bonds is 5. The molecule has 2 aromatic rings. The van der Waals surface area contributed by atoms with Gasteiger partial charge >= 0.3 is 5.97 Å². The van der Waals surface area contributed by atoms with Crippen LogP contribution in [0.15, 0.2) is 48.5 Å². The van der Waals surface area contributed by atoms with Crippen LogP contribution in [0.4, 0.5) is 5.69 Å². The molecule has 0 heterocycles. The third-order valence-corrected chi connectivity index (χ3v) is 2.92. The maximum Gasteiger partial charge on any atom is 0.303 e. The van der Waals surface area contributed by atoms with Gasteiger partial charge < -0.3 is 15.5 Å². The summed E-state index contributed by atoms with van der Waals surface area (Å²) in [6.07, 6.45) is 0.453. The van der Waals surface area contributed by atoms with Crippen molar-refractivity contribution in [2.24, 2.45) is 0 Å². The smallest absolute Gasteiger partial charge is 0.303 e. The third kappa shape index (κ3) is 4.35. The molecule has 5 heteroatoms. The van der Waals surface area contributed by atoms with Gasteiger partial charge in [0.1, 0.15) is 5.75 Å². The van der Waals surface area contributed by atoms with Crippen LogP contribution in [0, 0.1) is 0 Å². The standard InChI is InChI=1S/C16H15NO4/c18-14-6-2-4-12(10-14)16(21)17-13-5-1-3-11(9-13)7-8-15(19)20/h1-6,9-10,18H,7-8H2,(H,17,21)(H,19,20). The molecule has 108 valence electrons. The highest BCUT2D eigenvalue weighted by atomic mass is 16.4. The van der Waals surface area contributed by atoms with E-state index in [0.717, 1.165) is 5.56 Å². The van der Waals surface area contributed by atoms with Crippen molar-refractivity contribution in [3.63, 3.8) is 0 Å². The molecular weight excluding hydrogens is 270 g/mol. The van der Waals surface area contributed by atoms with Crippen molar-refractivity contribution in [2.75, 3.05) is 5.32 Å². The predicted octanol–water partition coefficient (Wildman–Crippen LogP) is 2.66. The summed E-state index contributed by atoms with van der Waals surface area (Å²) in [6.45, 7) is 0. The molecule has 0 spiro atoms. The summed E-state index contributed by atoms with van der Waals surface area (Å²) in [4.78, 5) is 22.6. The van der Waals surface area contributed by atoms with Crippen LogP contribution in [0.3, 0.4) is 0 Å². The molecule has 0 fully saturated rings. The van der Waals surface area contributed by atoms with E-state index >= 15 is 0 Å². The van der Waals surface area contributed by atoms with Crippen molar-refractivity contribution in [1.29, 1.82) is 0 Å². The molecular formula is C16H15NO4. The number of hydrogen-bond donors (Lipinski definition) is 3. The molecule has 0 aliphatic heterocycles. The summed E-state index contributed by atoms with van der Waals surface area (Å²) in [6, 6.07) is 13.1. The van der Waals surface area contributed by atoms with Crippen LogP contribution in [0.2, 0.25) is 0 Å². The van der Waals surface area contributed by atoms with Gasteiger partial charge in [-0.1, -0.05) is 18.2 Å². The second kappa shape index (κ2) is 6.56. The van der Waals surface area contributed by atoms with E-state index < -0.39 is 5.97 Å². The number of carbonyl (C=O) groups is 2. The molecule has 0 aromatic heterocycles. The van der Waals surface area contributed by atoms with Crippen molar-refractivity contribution in [2.45, 2.75) is 12.8 Å². The topological polar surface area (TPSA) is 86.6 Å². The molecule has 0 saturated heterocycles. The Hall–Kier alpha value is -2.82. The highest BCUT2D eigenvalue weighted by molar-refractivity contribution is 6.04. The Balaban J connectivity index is 2.07. The monoisotopic (exact) mass is 285 g/mol. The van der Waals surface area contributed by atoms with Crippen molar-refractivity contribution in [3.05, 3.63) is 59.7 Å². The lowest BCUT2D eigenvalue weighted by Gasteiger charge is -2.07. The summed E-state index contributed by atoms with van der Waals surface area (Å²) in [5.74, 6) is -1.16. The molecule has 21 heavy (non-hydrogen) atoms. The molecule has 2 rings (SSSR count). The molecule has 1 amide bonds. The van der Waals surface area contributed by atoms with E-state index in [-0.39, 0.29) is 18.1 Å². The zero-order chi connectivity index (χ0) is 15.2. The first-order valence-corrected chi connectivity index (χ1v) is 6.46. The Bertz CT molecular complexity index is 667. The number of nitrogens with one attached hydrogen (secondary N) is 1. The normalized spacial score (nSPS) is 10.1. The number of carboxylic acids is 1. The average molecular weight is 285 g/mol. The van der Waals surface area contributed by atoms with E-state index in [2.05, 4.69) is 5.32 Å². The lowest BCUT2D eigenvalue weighted by Crippen LogP contribution is -2.11. The van der Waals surface area contributed by atoms with Gasteiger partial charge in [0.2, 0.25) is 0 Å². The number of carbonyl (C=O) groups excluding carboxylic acids is 1. The summed E-state index contributed by atoms with van der Waals surface area (Å²) in [5.41, 5.74) is 1.78. The molecule has 3 N–H and O–H groups in total. The van der Waals surface area contributed by atoms with Crippen molar-refractivity contribution in [3.8, 4) is 5.75 Å². The van der Waals surface area contributed by atoms with Crippen LogP contribution in [0.1, 0.15) is 22.3 Å². The summed E-state index contributed by atoms with van der Waals surface area (Å²) < 4.78 is 0. The second-order valence-electron chi connectivity index (χ2n) is 4.60. The minimum atomic E-state index is -0.857. The molecule has 0 aliphatic rings. The Morgan fingerprint density at radius 1 is 1.05 bits per heavy atom. The predicted molar refractivity (Wildman–Crippen MR) is 78.5 cm³/mol. The van der Waals surface area contributed by atoms with Gasteiger partial charge in [-0.15, -0.1) is 0 Å². The van der Waals surface area contributed by atoms with Crippen molar-refractivity contribution in [1.82, 2.24) is 0 Å².